The number of pyridine rings is 2. The van der Waals surface area contributed by atoms with Crippen LogP contribution in [0, 0.1) is 19.8 Å². The Labute approximate surface area is 215 Å². The van der Waals surface area contributed by atoms with Gasteiger partial charge >= 0.3 is 0 Å². The van der Waals surface area contributed by atoms with E-state index in [2.05, 4.69) is 35.0 Å². The van der Waals surface area contributed by atoms with E-state index in [0.29, 0.717) is 17.4 Å². The Balaban J connectivity index is 1.36. The van der Waals surface area contributed by atoms with Gasteiger partial charge in [-0.15, -0.1) is 0 Å². The fraction of sp³-hybridized carbons (Fsp3) is 0.414. The lowest BCUT2D eigenvalue weighted by Gasteiger charge is -2.20. The number of hydrogen-bond donors (Lipinski definition) is 1. The van der Waals surface area contributed by atoms with Crippen LogP contribution >= 0.6 is 0 Å². The number of carbonyl (C=O) groups is 1. The van der Waals surface area contributed by atoms with Gasteiger partial charge in [-0.05, 0) is 69.7 Å². The summed E-state index contributed by atoms with van der Waals surface area (Å²) in [7, 11) is 3.59. The van der Waals surface area contributed by atoms with Crippen LogP contribution in [0.15, 0.2) is 41.7 Å². The zero-order valence-corrected chi connectivity index (χ0v) is 21.8. The predicted octanol–water partition coefficient (Wildman–Crippen LogP) is 4.83. The number of ether oxygens (including phenoxy) is 1. The average molecular weight is 497 g/mol. The quantitative estimate of drug-likeness (QED) is 0.414. The molecule has 4 aromatic heterocycles. The van der Waals surface area contributed by atoms with E-state index in [0.717, 1.165) is 71.0 Å². The maximum absolute atomic E-state index is 13.7. The van der Waals surface area contributed by atoms with Crippen molar-refractivity contribution in [3.05, 3.63) is 58.7 Å². The Morgan fingerprint density at radius 3 is 2.70 bits per heavy atom. The number of nitrogens with zero attached hydrogens (tertiary/aromatic N) is 5. The van der Waals surface area contributed by atoms with Gasteiger partial charge in [-0.2, -0.15) is 0 Å². The molecule has 2 fully saturated rings. The highest BCUT2D eigenvalue weighted by Gasteiger charge is 2.41. The highest BCUT2D eigenvalue weighted by atomic mass is 16.5. The van der Waals surface area contributed by atoms with E-state index < -0.39 is 0 Å². The molecule has 4 aromatic rings. The van der Waals surface area contributed by atoms with Crippen molar-refractivity contribution in [2.75, 3.05) is 14.2 Å². The van der Waals surface area contributed by atoms with E-state index in [1.54, 1.807) is 7.11 Å². The second kappa shape index (κ2) is 8.10. The number of nitrogens with one attached hydrogen (secondary N) is 1. The number of rotatable bonds is 6. The van der Waals surface area contributed by atoms with Crippen molar-refractivity contribution < 1.29 is 9.53 Å². The predicted molar refractivity (Wildman–Crippen MR) is 143 cm³/mol. The van der Waals surface area contributed by atoms with Gasteiger partial charge in [0, 0.05) is 60.2 Å². The van der Waals surface area contributed by atoms with Crippen LogP contribution in [0.25, 0.3) is 28.1 Å². The number of carbonyl (C=O) groups excluding carboxylic acids is 1. The molecule has 190 valence electrons. The van der Waals surface area contributed by atoms with Gasteiger partial charge < -0.3 is 19.5 Å². The molecule has 1 amide bonds. The van der Waals surface area contributed by atoms with Gasteiger partial charge in [-0.3, -0.25) is 9.20 Å². The third kappa shape index (κ3) is 3.38. The number of aryl methyl sites for hydroxylation is 2. The summed E-state index contributed by atoms with van der Waals surface area (Å²) in [6.07, 6.45) is 5.40. The summed E-state index contributed by atoms with van der Waals surface area (Å²) in [6, 6.07) is 10.4. The molecule has 1 saturated carbocycles. The SMILES string of the molecule is CNC1=C2CCC(C1)N2C(=O)c1cc(OC)n2c(C)c(-c3cc4ccc(C)nc4n3CC3CC3)nc2c1. The molecule has 2 bridgehead atoms. The smallest absolute Gasteiger partial charge is 0.258 e. The van der Waals surface area contributed by atoms with Gasteiger partial charge in [0.1, 0.15) is 17.0 Å². The third-order valence-corrected chi connectivity index (χ3v) is 8.32. The lowest BCUT2D eigenvalue weighted by atomic mass is 10.0. The number of imidazole rings is 1. The van der Waals surface area contributed by atoms with E-state index >= 15 is 0 Å². The maximum atomic E-state index is 13.7. The largest absolute Gasteiger partial charge is 0.482 e. The maximum Gasteiger partial charge on any atom is 0.258 e. The summed E-state index contributed by atoms with van der Waals surface area (Å²) in [6.45, 7) is 5.06. The van der Waals surface area contributed by atoms with Gasteiger partial charge in [0.15, 0.2) is 5.88 Å². The molecule has 1 saturated heterocycles. The fourth-order valence-electron chi connectivity index (χ4n) is 6.24. The van der Waals surface area contributed by atoms with Gasteiger partial charge in [0.25, 0.3) is 5.91 Å². The highest BCUT2D eigenvalue weighted by molar-refractivity contribution is 5.98. The summed E-state index contributed by atoms with van der Waals surface area (Å²) >= 11 is 0. The first kappa shape index (κ1) is 22.4. The molecular weight excluding hydrogens is 464 g/mol. The molecule has 2 aliphatic heterocycles. The summed E-state index contributed by atoms with van der Waals surface area (Å²) in [4.78, 5) is 25.7. The van der Waals surface area contributed by atoms with Crippen molar-refractivity contribution >= 4 is 22.6 Å². The zero-order chi connectivity index (χ0) is 25.4. The first-order chi connectivity index (χ1) is 18.0. The fourth-order valence-corrected chi connectivity index (χ4v) is 6.24. The second-order valence-corrected chi connectivity index (χ2v) is 10.7. The molecule has 3 aliphatic rings. The molecule has 1 atom stereocenters. The average Bonchev–Trinajstić information content (AvgIpc) is 3.22. The van der Waals surface area contributed by atoms with E-state index in [-0.39, 0.29) is 11.9 Å². The first-order valence-electron chi connectivity index (χ1n) is 13.2. The zero-order valence-electron chi connectivity index (χ0n) is 21.8. The van der Waals surface area contributed by atoms with Crippen molar-refractivity contribution in [2.45, 2.75) is 58.5 Å². The molecule has 1 unspecified atom stereocenters. The van der Waals surface area contributed by atoms with Crippen molar-refractivity contribution in [1.82, 2.24) is 29.2 Å². The minimum atomic E-state index is 0.0216. The van der Waals surface area contributed by atoms with Gasteiger partial charge in [0.05, 0.1) is 18.5 Å². The molecule has 7 rings (SSSR count). The minimum Gasteiger partial charge on any atom is -0.482 e. The molecule has 8 heteroatoms. The molecule has 0 spiro atoms. The Bertz CT molecular complexity index is 1620. The van der Waals surface area contributed by atoms with Gasteiger partial charge in [-0.25, -0.2) is 9.97 Å². The topological polar surface area (TPSA) is 76.7 Å². The van der Waals surface area contributed by atoms with Gasteiger partial charge in [0.2, 0.25) is 0 Å². The summed E-state index contributed by atoms with van der Waals surface area (Å²) < 4.78 is 10.2. The van der Waals surface area contributed by atoms with Crippen LogP contribution in [0.3, 0.4) is 0 Å². The first-order valence-corrected chi connectivity index (χ1v) is 13.2. The number of aromatic nitrogens is 4. The number of methoxy groups -OCH3 is 1. The van der Waals surface area contributed by atoms with Crippen LogP contribution in [0.2, 0.25) is 0 Å². The Kier molecular flexibility index (Phi) is 4.90. The Morgan fingerprint density at radius 1 is 1.14 bits per heavy atom. The lowest BCUT2D eigenvalue weighted by Crippen LogP contribution is -2.30. The van der Waals surface area contributed by atoms with Crippen molar-refractivity contribution in [2.24, 2.45) is 5.92 Å². The summed E-state index contributed by atoms with van der Waals surface area (Å²) in [5, 5.41) is 4.41. The summed E-state index contributed by atoms with van der Waals surface area (Å²) in [5.41, 5.74) is 8.63. The van der Waals surface area contributed by atoms with Crippen LogP contribution in [-0.2, 0) is 6.54 Å². The van der Waals surface area contributed by atoms with Crippen LogP contribution in [0.1, 0.15) is 53.8 Å². The van der Waals surface area contributed by atoms with Crippen LogP contribution in [0.5, 0.6) is 5.88 Å². The second-order valence-electron chi connectivity index (χ2n) is 10.7. The van der Waals surface area contributed by atoms with Crippen LogP contribution in [0.4, 0.5) is 0 Å². The number of allylic oxidation sites excluding steroid dienone is 1. The molecule has 0 aromatic carbocycles. The standard InChI is InChI=1S/C29H32N6O2/c1-16-5-8-19-11-24(33(28(19)31-16)15-18-6-7-18)27-17(2)34-25(32-27)12-20(13-26(34)37-4)29(36)35-21-9-10-23(35)22(14-21)30-3/h5,8,11-13,18,21,30H,6-7,9-10,14-15H2,1-4H3. The number of hydrogen-bond acceptors (Lipinski definition) is 5. The molecule has 0 radical (unpaired) electrons. The van der Waals surface area contributed by atoms with Gasteiger partial charge in [-0.1, -0.05) is 0 Å². The molecule has 6 heterocycles. The van der Waals surface area contributed by atoms with Crippen molar-refractivity contribution in [1.29, 1.82) is 0 Å². The molecule has 8 nitrogen and oxygen atoms in total. The third-order valence-electron chi connectivity index (χ3n) is 8.32. The molecule has 1 N–H and O–H groups in total. The Hall–Kier alpha value is -3.81. The number of fused-ring (bicyclic) bond motifs is 4. The van der Waals surface area contributed by atoms with Crippen molar-refractivity contribution in [3.8, 4) is 17.3 Å². The van der Waals surface area contributed by atoms with E-state index in [1.807, 2.05) is 35.4 Å². The molecule has 1 aliphatic carbocycles. The van der Waals surface area contributed by atoms with Crippen LogP contribution in [-0.4, -0.2) is 49.9 Å². The highest BCUT2D eigenvalue weighted by Crippen LogP contribution is 2.41. The number of amides is 1. The molecule has 37 heavy (non-hydrogen) atoms. The van der Waals surface area contributed by atoms with Crippen molar-refractivity contribution in [3.63, 3.8) is 0 Å². The van der Waals surface area contributed by atoms with Crippen LogP contribution < -0.4 is 10.1 Å². The Morgan fingerprint density at radius 2 is 1.97 bits per heavy atom. The monoisotopic (exact) mass is 496 g/mol. The lowest BCUT2D eigenvalue weighted by molar-refractivity contribution is 0.0792. The minimum absolute atomic E-state index is 0.0216. The van der Waals surface area contributed by atoms with E-state index in [9.17, 15) is 4.79 Å². The van der Waals surface area contributed by atoms with E-state index in [1.165, 1.54) is 18.5 Å². The summed E-state index contributed by atoms with van der Waals surface area (Å²) in [5.74, 6) is 1.33. The normalized spacial score (nSPS) is 19.0. The molecular formula is C29H32N6O2. The van der Waals surface area contributed by atoms with E-state index in [4.69, 9.17) is 14.7 Å².